The van der Waals surface area contributed by atoms with Crippen LogP contribution in [0.2, 0.25) is 0 Å². The van der Waals surface area contributed by atoms with Gasteiger partial charge in [0.1, 0.15) is 0 Å². The van der Waals surface area contributed by atoms with Gasteiger partial charge in [-0.15, -0.1) is 24.0 Å². The van der Waals surface area contributed by atoms with Crippen LogP contribution in [-0.4, -0.2) is 51.6 Å². The van der Waals surface area contributed by atoms with Crippen LogP contribution in [0.1, 0.15) is 32.1 Å². The standard InChI is InChI=1S/C13H28N4.HI/c1-14-13(15-2)16-10-12(17(3)4)11-8-6-5-7-9-11;/h11-12H,5-10H2,1-4H3,(H2,14,15,16);1H. The van der Waals surface area contributed by atoms with Crippen molar-refractivity contribution in [2.24, 2.45) is 10.9 Å². The Balaban J connectivity index is 0.00000289. The molecule has 0 aromatic heterocycles. The lowest BCUT2D eigenvalue weighted by Crippen LogP contribution is -2.47. The van der Waals surface area contributed by atoms with Crippen LogP contribution in [-0.2, 0) is 0 Å². The van der Waals surface area contributed by atoms with Crippen LogP contribution < -0.4 is 10.6 Å². The van der Waals surface area contributed by atoms with E-state index in [0.717, 1.165) is 18.4 Å². The molecule has 0 spiro atoms. The lowest BCUT2D eigenvalue weighted by Gasteiger charge is -2.35. The minimum absolute atomic E-state index is 0. The van der Waals surface area contributed by atoms with E-state index in [4.69, 9.17) is 0 Å². The summed E-state index contributed by atoms with van der Waals surface area (Å²) in [5.41, 5.74) is 0. The van der Waals surface area contributed by atoms with Crippen LogP contribution in [0.5, 0.6) is 0 Å². The predicted molar refractivity (Wildman–Crippen MR) is 89.9 cm³/mol. The van der Waals surface area contributed by atoms with Gasteiger partial charge in [0.25, 0.3) is 0 Å². The molecule has 1 fully saturated rings. The predicted octanol–water partition coefficient (Wildman–Crippen LogP) is 1.91. The first kappa shape index (κ1) is 18.0. The van der Waals surface area contributed by atoms with Gasteiger partial charge in [0.15, 0.2) is 5.96 Å². The fourth-order valence-corrected chi connectivity index (χ4v) is 2.77. The summed E-state index contributed by atoms with van der Waals surface area (Å²) < 4.78 is 0. The fourth-order valence-electron chi connectivity index (χ4n) is 2.77. The number of likely N-dealkylation sites (N-methyl/N-ethyl adjacent to an activating group) is 1. The molecule has 108 valence electrons. The van der Waals surface area contributed by atoms with Gasteiger partial charge in [0.2, 0.25) is 0 Å². The first-order valence-corrected chi connectivity index (χ1v) is 6.74. The molecule has 1 unspecified atom stereocenters. The molecule has 1 rings (SSSR count). The first-order chi connectivity index (χ1) is 8.19. The highest BCUT2D eigenvalue weighted by atomic mass is 127. The van der Waals surface area contributed by atoms with Crippen molar-refractivity contribution in [3.8, 4) is 0 Å². The van der Waals surface area contributed by atoms with Crippen LogP contribution in [0.4, 0.5) is 0 Å². The molecule has 0 amide bonds. The zero-order chi connectivity index (χ0) is 12.7. The highest BCUT2D eigenvalue weighted by molar-refractivity contribution is 14.0. The first-order valence-electron chi connectivity index (χ1n) is 6.74. The summed E-state index contributed by atoms with van der Waals surface area (Å²) in [5.74, 6) is 1.72. The topological polar surface area (TPSA) is 39.7 Å². The van der Waals surface area contributed by atoms with E-state index < -0.39 is 0 Å². The molecule has 18 heavy (non-hydrogen) atoms. The monoisotopic (exact) mass is 368 g/mol. The van der Waals surface area contributed by atoms with Crippen LogP contribution >= 0.6 is 24.0 Å². The van der Waals surface area contributed by atoms with Gasteiger partial charge >= 0.3 is 0 Å². The Kier molecular flexibility index (Phi) is 9.81. The van der Waals surface area contributed by atoms with E-state index in [2.05, 4.69) is 34.6 Å². The minimum atomic E-state index is 0. The second kappa shape index (κ2) is 9.83. The van der Waals surface area contributed by atoms with E-state index >= 15 is 0 Å². The third kappa shape index (κ3) is 5.73. The zero-order valence-electron chi connectivity index (χ0n) is 12.2. The summed E-state index contributed by atoms with van der Waals surface area (Å²) in [6.45, 7) is 0.977. The molecular formula is C13H29IN4. The van der Waals surface area contributed by atoms with Crippen LogP contribution in [0.3, 0.4) is 0 Å². The maximum atomic E-state index is 4.16. The second-order valence-corrected chi connectivity index (χ2v) is 5.13. The number of halogens is 1. The molecule has 0 aromatic carbocycles. The molecule has 0 aliphatic heterocycles. The van der Waals surface area contributed by atoms with Gasteiger partial charge in [-0.2, -0.15) is 0 Å². The van der Waals surface area contributed by atoms with Gasteiger partial charge in [-0.3, -0.25) is 4.99 Å². The summed E-state index contributed by atoms with van der Waals surface area (Å²) >= 11 is 0. The molecule has 0 aromatic rings. The zero-order valence-corrected chi connectivity index (χ0v) is 14.5. The molecule has 4 nitrogen and oxygen atoms in total. The summed E-state index contributed by atoms with van der Waals surface area (Å²) in [5, 5.41) is 6.46. The summed E-state index contributed by atoms with van der Waals surface area (Å²) in [6, 6.07) is 0.611. The summed E-state index contributed by atoms with van der Waals surface area (Å²) in [6.07, 6.45) is 6.97. The van der Waals surface area contributed by atoms with Gasteiger partial charge in [0, 0.05) is 26.7 Å². The number of hydrogen-bond acceptors (Lipinski definition) is 2. The molecule has 0 saturated heterocycles. The van der Waals surface area contributed by atoms with E-state index in [-0.39, 0.29) is 24.0 Å². The Morgan fingerprint density at radius 2 is 1.89 bits per heavy atom. The van der Waals surface area contributed by atoms with Crippen LogP contribution in [0.25, 0.3) is 0 Å². The Hall–Kier alpha value is -0.0400. The van der Waals surface area contributed by atoms with Gasteiger partial charge < -0.3 is 15.5 Å². The molecule has 1 saturated carbocycles. The van der Waals surface area contributed by atoms with Gasteiger partial charge in [-0.1, -0.05) is 19.3 Å². The third-order valence-corrected chi connectivity index (χ3v) is 3.80. The van der Waals surface area contributed by atoms with Gasteiger partial charge in [-0.05, 0) is 32.9 Å². The van der Waals surface area contributed by atoms with E-state index in [0.29, 0.717) is 6.04 Å². The molecule has 2 N–H and O–H groups in total. The molecule has 0 heterocycles. The number of nitrogens with zero attached hydrogens (tertiary/aromatic N) is 2. The molecule has 0 radical (unpaired) electrons. The van der Waals surface area contributed by atoms with Crippen LogP contribution in [0, 0.1) is 5.92 Å². The average Bonchev–Trinajstić information content (AvgIpc) is 2.35. The smallest absolute Gasteiger partial charge is 0.190 e. The maximum Gasteiger partial charge on any atom is 0.190 e. The van der Waals surface area contributed by atoms with Crippen molar-refractivity contribution in [1.82, 2.24) is 15.5 Å². The molecular weight excluding hydrogens is 339 g/mol. The number of aliphatic imine (C=N–C) groups is 1. The number of nitrogens with one attached hydrogen (secondary N) is 2. The Morgan fingerprint density at radius 1 is 1.28 bits per heavy atom. The van der Waals surface area contributed by atoms with E-state index in [1.165, 1.54) is 32.1 Å². The van der Waals surface area contributed by atoms with Crippen molar-refractivity contribution in [2.45, 2.75) is 38.1 Å². The third-order valence-electron chi connectivity index (χ3n) is 3.80. The largest absolute Gasteiger partial charge is 0.359 e. The van der Waals surface area contributed by atoms with Gasteiger partial charge in [-0.25, -0.2) is 0 Å². The molecule has 1 aliphatic rings. The van der Waals surface area contributed by atoms with Crippen molar-refractivity contribution < 1.29 is 0 Å². The van der Waals surface area contributed by atoms with Crippen molar-refractivity contribution in [1.29, 1.82) is 0 Å². The Bertz CT molecular complexity index is 237. The second-order valence-electron chi connectivity index (χ2n) is 5.13. The Labute approximate surface area is 129 Å². The average molecular weight is 368 g/mol. The molecule has 5 heteroatoms. The fraction of sp³-hybridized carbons (Fsp3) is 0.923. The number of hydrogen-bond donors (Lipinski definition) is 2. The van der Waals surface area contributed by atoms with E-state index in [1.807, 2.05) is 14.1 Å². The Morgan fingerprint density at radius 3 is 2.33 bits per heavy atom. The highest BCUT2D eigenvalue weighted by Crippen LogP contribution is 2.27. The highest BCUT2D eigenvalue weighted by Gasteiger charge is 2.25. The summed E-state index contributed by atoms with van der Waals surface area (Å²) in [7, 11) is 8.08. The quantitative estimate of drug-likeness (QED) is 0.453. The molecule has 0 bridgehead atoms. The lowest BCUT2D eigenvalue weighted by atomic mass is 9.83. The molecule has 1 aliphatic carbocycles. The summed E-state index contributed by atoms with van der Waals surface area (Å²) in [4.78, 5) is 6.51. The van der Waals surface area contributed by atoms with E-state index in [9.17, 15) is 0 Å². The van der Waals surface area contributed by atoms with E-state index in [1.54, 1.807) is 0 Å². The molecule has 1 atom stereocenters. The SMILES string of the molecule is CN=C(NC)NCC(C1CCCCC1)N(C)C.I. The van der Waals surface area contributed by atoms with Crippen molar-refractivity contribution in [3.05, 3.63) is 0 Å². The maximum absolute atomic E-state index is 4.16. The van der Waals surface area contributed by atoms with Crippen molar-refractivity contribution in [3.63, 3.8) is 0 Å². The van der Waals surface area contributed by atoms with Crippen LogP contribution in [0.15, 0.2) is 4.99 Å². The van der Waals surface area contributed by atoms with Crippen molar-refractivity contribution in [2.75, 3.05) is 34.7 Å². The van der Waals surface area contributed by atoms with Gasteiger partial charge in [0.05, 0.1) is 0 Å². The number of guanidine groups is 1. The normalized spacial score (nSPS) is 19.3. The number of rotatable bonds is 4. The minimum Gasteiger partial charge on any atom is -0.359 e. The van der Waals surface area contributed by atoms with Crippen molar-refractivity contribution >= 4 is 29.9 Å². The lowest BCUT2D eigenvalue weighted by molar-refractivity contribution is 0.171.